The lowest BCUT2D eigenvalue weighted by Gasteiger charge is -2.39. The second-order valence-corrected chi connectivity index (χ2v) is 38.9. The van der Waals surface area contributed by atoms with Crippen molar-refractivity contribution in [3.8, 4) is 5.75 Å². The smallest absolute Gasteiger partial charge is 0.303 e. The summed E-state index contributed by atoms with van der Waals surface area (Å²) in [7, 11) is 3.04. The number of fused-ring (bicyclic) bond motifs is 2. The highest BCUT2D eigenvalue weighted by molar-refractivity contribution is 8.77. The number of aliphatic hydroxyl groups excluding tert-OH is 1. The maximum Gasteiger partial charge on any atom is 0.303 e. The van der Waals surface area contributed by atoms with Crippen LogP contribution in [0.5, 0.6) is 5.75 Å². The third-order valence-corrected chi connectivity index (χ3v) is 27.8. The van der Waals surface area contributed by atoms with Gasteiger partial charge in [-0.25, -0.2) is 0 Å². The molecule has 742 valence electrons. The van der Waals surface area contributed by atoms with Crippen LogP contribution in [0.2, 0.25) is 0 Å². The molecule has 0 saturated carbocycles. The minimum Gasteiger partial charge on any atom is -0.492 e. The number of likely N-dealkylation sites (N-methyl/N-ethyl adjacent to an activating group) is 1. The van der Waals surface area contributed by atoms with Crippen molar-refractivity contribution in [2.75, 3.05) is 53.0 Å². The van der Waals surface area contributed by atoms with Crippen LogP contribution in [0, 0.1) is 12.8 Å². The Morgan fingerprint density at radius 1 is 0.642 bits per heavy atom. The molecule has 0 unspecified atom stereocenters. The zero-order chi connectivity index (χ0) is 101. The molecule has 2 aromatic heterocycles. The summed E-state index contributed by atoms with van der Waals surface area (Å²) in [5.41, 5.74) is 23.7. The molecular weight excluding hydrogens is 1810 g/mol. The number of nitrogens with two attached hydrogens (primary N) is 4. The minimum atomic E-state index is -1.99. The number of ether oxygens (including phenoxy) is 2. The van der Waals surface area contributed by atoms with Crippen molar-refractivity contribution in [2.45, 2.75) is 240 Å². The summed E-state index contributed by atoms with van der Waals surface area (Å²) in [5, 5.41) is 53.0. The highest BCUT2D eigenvalue weighted by Gasteiger charge is 2.49. The maximum absolute atomic E-state index is 16.5. The average molecular weight is 1940 g/mol. The van der Waals surface area contributed by atoms with E-state index in [1.54, 1.807) is 90.0 Å². The highest BCUT2D eigenvalue weighted by atomic mass is 33.1. The molecular formula is C94H127N19O22S2. The Morgan fingerprint density at radius 3 is 1.90 bits per heavy atom. The number of aromatic amines is 1. The number of carbonyl (C=O) groups excluding carboxylic acids is 17. The van der Waals surface area contributed by atoms with Gasteiger partial charge in [-0.1, -0.05) is 107 Å². The summed E-state index contributed by atoms with van der Waals surface area (Å²) in [6.45, 7) is 13.3. The van der Waals surface area contributed by atoms with E-state index in [1.807, 2.05) is 32.0 Å². The first kappa shape index (κ1) is 109. The van der Waals surface area contributed by atoms with E-state index in [0.717, 1.165) is 51.3 Å². The molecule has 6 aromatic rings. The molecule has 2 fully saturated rings. The Morgan fingerprint density at radius 2 is 1.26 bits per heavy atom. The molecule has 4 heterocycles. The predicted molar refractivity (Wildman–Crippen MR) is 509 cm³/mol. The normalized spacial score (nSPS) is 19.4. The van der Waals surface area contributed by atoms with Gasteiger partial charge in [0.25, 0.3) is 0 Å². The van der Waals surface area contributed by atoms with E-state index < -0.39 is 233 Å². The number of ketones is 1. The van der Waals surface area contributed by atoms with Crippen LogP contribution >= 0.6 is 21.6 Å². The number of nitrogens with one attached hydrogen (secondary N) is 12. The summed E-state index contributed by atoms with van der Waals surface area (Å²) in [4.78, 5) is 270. The number of rotatable bonds is 43. The Balaban J connectivity index is 1.23. The Kier molecular flexibility index (Phi) is 40.8. The van der Waals surface area contributed by atoms with E-state index in [1.165, 1.54) is 54.1 Å². The summed E-state index contributed by atoms with van der Waals surface area (Å²) in [6, 6.07) is 9.71. The molecule has 43 heteroatoms. The number of nitrogens with zero attached hydrogens (tertiary/aromatic N) is 3. The van der Waals surface area contributed by atoms with E-state index >= 15 is 28.8 Å². The molecule has 41 nitrogen and oxygen atoms in total. The van der Waals surface area contributed by atoms with Crippen molar-refractivity contribution in [1.29, 1.82) is 0 Å². The standard InChI is InChI=1S/C94H127N19O22S2/c1-11-36-113(55(5)116)37-15-14-23-65-82(124)110-80(93(8,9)137-136-92(6,7)79(101-54(4)115)89(131)107-70(48-74(97)119)86(128)109-78(53(3)114)88(130)105-68(84(126)102-65)45-62-50-100-77-52(2)18-16-22-64(62)77)90(132)106-66(42-56-25-29-63(30-26-56)135-40-34-95)83(125)104-67(43-57-24-27-59-20-12-13-21-60(59)41-57)87(129)111-94(32-38-134-39-33-94)72(117)46-61(28-31-76(121)122)81(123)103-69(47-73(96)118)85(127)108-71(44-58-19-17-35-99-49-58)91(133)112(10)51-75(98)120/h12-13,16-22,24-27,29-30,35,41,49-50,53,61,65-71,78-80,100,114H,11,14-15,23,28,31-34,36-40,42-48,51,95H2,1-10H3,(H2,96,118)(H2,97,119)(H2,98,120)(H,101,115)(H,102,126)(H,103,123)(H,104,125)(H,105,130)(H,106,132)(H,107,131)(H,108,127)(H,109,128)(H,110,124)(H,111,129)(H,121,122)/t53-,61-,65+,66+,67+,68+,69-,70+,71+,78+,79-,80-/m1/s1. The molecule has 2 aliphatic heterocycles. The van der Waals surface area contributed by atoms with Crippen LogP contribution in [0.1, 0.15) is 154 Å². The fourth-order valence-corrected chi connectivity index (χ4v) is 18.9. The lowest BCUT2D eigenvalue weighted by atomic mass is 9.80. The molecule has 4 aromatic carbocycles. The summed E-state index contributed by atoms with van der Waals surface area (Å²) in [6.07, 6.45) is -2.37. The van der Waals surface area contributed by atoms with E-state index in [-0.39, 0.29) is 90.2 Å². The first-order valence-corrected chi connectivity index (χ1v) is 47.4. The Labute approximate surface area is 800 Å². The molecule has 0 bridgehead atoms. The van der Waals surface area contributed by atoms with Crippen molar-refractivity contribution in [3.63, 3.8) is 0 Å². The van der Waals surface area contributed by atoms with Crippen molar-refractivity contribution >= 4 is 150 Å². The number of carboxylic acids is 1. The zero-order valence-electron chi connectivity index (χ0n) is 78.5. The number of hydrogen-bond donors (Lipinski definition) is 18. The summed E-state index contributed by atoms with van der Waals surface area (Å²) in [5.74, 6) is -19.4. The van der Waals surface area contributed by atoms with Gasteiger partial charge in [0.15, 0.2) is 5.78 Å². The Hall–Kier alpha value is -13.1. The number of Topliss-reactive ketones (excluding diaryl/α,β-unsaturated/α-hetero) is 1. The molecule has 0 aliphatic carbocycles. The topological polar surface area (TPSA) is 638 Å². The van der Waals surface area contributed by atoms with Gasteiger partial charge in [0.1, 0.15) is 78.3 Å². The van der Waals surface area contributed by atoms with Crippen LogP contribution in [0.3, 0.4) is 0 Å². The lowest BCUT2D eigenvalue weighted by molar-refractivity contribution is -0.142. The molecule has 0 radical (unpaired) electrons. The Bertz CT molecular complexity index is 5350. The maximum atomic E-state index is 16.5. The number of aliphatic hydroxyl groups is 1. The third-order valence-electron chi connectivity index (χ3n) is 23.5. The number of pyridine rings is 1. The van der Waals surface area contributed by atoms with Crippen LogP contribution in [-0.4, -0.2) is 271 Å². The van der Waals surface area contributed by atoms with E-state index in [4.69, 9.17) is 32.4 Å². The van der Waals surface area contributed by atoms with Crippen LogP contribution in [0.4, 0.5) is 0 Å². The molecule has 2 aliphatic rings. The monoisotopic (exact) mass is 1940 g/mol. The van der Waals surface area contributed by atoms with Gasteiger partial charge in [-0.15, -0.1) is 0 Å². The van der Waals surface area contributed by atoms with Gasteiger partial charge in [-0.3, -0.25) is 91.3 Å². The van der Waals surface area contributed by atoms with E-state index in [2.05, 4.69) is 68.5 Å². The molecule has 137 heavy (non-hydrogen) atoms. The van der Waals surface area contributed by atoms with Gasteiger partial charge in [0.05, 0.1) is 25.5 Å². The number of carbonyl (C=O) groups is 18. The second kappa shape index (κ2) is 51.2. The minimum absolute atomic E-state index is 0.102. The molecule has 8 rings (SSSR count). The first-order valence-electron chi connectivity index (χ1n) is 45.2. The van der Waals surface area contributed by atoms with Gasteiger partial charge < -0.3 is 116 Å². The largest absolute Gasteiger partial charge is 0.492 e. The van der Waals surface area contributed by atoms with Crippen molar-refractivity contribution in [3.05, 3.63) is 143 Å². The quantitative estimate of drug-likeness (QED) is 0.0178. The van der Waals surface area contributed by atoms with E-state index in [0.29, 0.717) is 57.3 Å². The number of unbranched alkanes of at least 4 members (excludes halogenated alkanes) is 1. The van der Waals surface area contributed by atoms with Gasteiger partial charge in [-0.05, 0) is 130 Å². The van der Waals surface area contributed by atoms with Gasteiger partial charge in [-0.2, -0.15) is 0 Å². The summed E-state index contributed by atoms with van der Waals surface area (Å²) < 4.78 is 8.32. The molecule has 0 spiro atoms. The molecule has 2 saturated heterocycles. The number of H-pyrrole nitrogens is 1. The number of aromatic nitrogens is 2. The molecule has 22 N–H and O–H groups in total. The number of carboxylic acid groups (broad SMARTS) is 1. The third kappa shape index (κ3) is 32.5. The van der Waals surface area contributed by atoms with Crippen LogP contribution in [0.15, 0.2) is 116 Å². The van der Waals surface area contributed by atoms with Crippen LogP contribution in [-0.2, 0) is 117 Å². The number of aryl methyl sites for hydroxylation is 1. The van der Waals surface area contributed by atoms with Crippen molar-refractivity contribution in [1.82, 2.24) is 78.3 Å². The van der Waals surface area contributed by atoms with Crippen LogP contribution < -0.4 is 86.2 Å². The summed E-state index contributed by atoms with van der Waals surface area (Å²) >= 11 is 0. The van der Waals surface area contributed by atoms with Crippen molar-refractivity contribution < 1.29 is 106 Å². The van der Waals surface area contributed by atoms with Gasteiger partial charge >= 0.3 is 5.97 Å². The first-order chi connectivity index (χ1) is 64.8. The van der Waals surface area contributed by atoms with E-state index in [9.17, 15) is 67.7 Å². The second-order valence-electron chi connectivity index (χ2n) is 35.5. The number of benzene rings is 4. The molecule has 16 amide bonds. The lowest BCUT2D eigenvalue weighted by Crippen LogP contribution is -2.65. The van der Waals surface area contributed by atoms with Gasteiger partial charge in [0.2, 0.25) is 94.5 Å². The number of hydrogen-bond acceptors (Lipinski definition) is 25. The number of para-hydroxylation sites is 1. The fraction of sp³-hybridized carbons (Fsp3) is 0.500. The van der Waals surface area contributed by atoms with Crippen LogP contribution in [0.25, 0.3) is 21.7 Å². The fourth-order valence-electron chi connectivity index (χ4n) is 16.0. The zero-order valence-corrected chi connectivity index (χ0v) is 80.1. The SMILES string of the molecule is CCCN(CCCC[C@@H]1NC(=O)[C@H](Cc2c[nH]c3c(C)cccc23)NC(=O)[C@H]([C@@H](C)O)NC(=O)[C@H](CC(N)=O)NC(=O)[C@@H](NC(C)=O)C(C)(C)SSC(C)(C)[C@@H](C(=O)N[C@@H](Cc2ccc(OCCN)cc2)C(=O)N[C@@H](Cc2ccc3ccccc3c2)C(=O)NC2(C(=O)C[C@@H](CCC(=O)O)C(=O)N[C@H](CC(N)=O)C(=O)N[C@@H](Cc3cccnc3)C(=O)N(C)CC(N)=O)CCOCC2)NC1=O)C(C)=O. The average Bonchev–Trinajstić information content (AvgIpc) is 1.78. The number of amides is 16. The number of primary amides is 3. The van der Waals surface area contributed by atoms with Gasteiger partial charge in [0, 0.05) is 150 Å². The predicted octanol–water partition coefficient (Wildman–Crippen LogP) is 0.0624. The molecule has 12 atom stereocenters. The number of aliphatic carboxylic acids is 1. The highest BCUT2D eigenvalue weighted by Crippen LogP contribution is 2.47. The van der Waals surface area contributed by atoms with Crippen molar-refractivity contribution in [2.24, 2.45) is 28.9 Å².